The summed E-state index contributed by atoms with van der Waals surface area (Å²) in [4.78, 5) is 16.9. The number of fused-ring (bicyclic) bond motifs is 1. The third kappa shape index (κ3) is 1.31. The molecule has 0 amide bonds. The molecule has 1 aromatic heterocycles. The summed E-state index contributed by atoms with van der Waals surface area (Å²) in [5.74, 6) is 0.334. The van der Waals surface area contributed by atoms with Gasteiger partial charge in [0, 0.05) is 23.6 Å². The quantitative estimate of drug-likeness (QED) is 0.714. The van der Waals surface area contributed by atoms with Crippen LogP contribution in [-0.4, -0.2) is 23.9 Å². The molecule has 2 aliphatic rings. The van der Waals surface area contributed by atoms with E-state index in [2.05, 4.69) is 10.3 Å². The first-order valence-corrected chi connectivity index (χ1v) is 5.92. The van der Waals surface area contributed by atoms with Crippen LogP contribution in [0.2, 0.25) is 0 Å². The fourth-order valence-electron chi connectivity index (χ4n) is 2.93. The lowest BCUT2D eigenvalue weighted by molar-refractivity contribution is 0.0761. The number of carbonyl (C=O) groups is 1. The molecule has 0 saturated carbocycles. The molecule has 0 unspecified atom stereocenters. The Hall–Kier alpha value is -1.22. The van der Waals surface area contributed by atoms with Crippen LogP contribution in [0.25, 0.3) is 0 Å². The number of pyridine rings is 1. The number of ketones is 1. The summed E-state index contributed by atoms with van der Waals surface area (Å²) in [6.07, 6.45) is 4.64. The Morgan fingerprint density at radius 2 is 2.12 bits per heavy atom. The van der Waals surface area contributed by atoms with Crippen molar-refractivity contribution in [1.82, 2.24) is 10.3 Å². The summed E-state index contributed by atoms with van der Waals surface area (Å²) < 4.78 is 0. The van der Waals surface area contributed by atoms with E-state index in [1.807, 2.05) is 19.2 Å². The molecule has 16 heavy (non-hydrogen) atoms. The second-order valence-corrected chi connectivity index (χ2v) is 5.04. The normalized spacial score (nSPS) is 22.4. The largest absolute Gasteiger partial charge is 0.317 e. The summed E-state index contributed by atoms with van der Waals surface area (Å²) in [5, 5.41) is 3.32. The summed E-state index contributed by atoms with van der Waals surface area (Å²) >= 11 is 0. The van der Waals surface area contributed by atoms with Crippen LogP contribution in [-0.2, 0) is 6.42 Å². The van der Waals surface area contributed by atoms with E-state index in [0.29, 0.717) is 5.78 Å². The van der Waals surface area contributed by atoms with Gasteiger partial charge in [0.15, 0.2) is 5.78 Å². The zero-order valence-corrected chi connectivity index (χ0v) is 9.55. The number of aromatic nitrogens is 1. The van der Waals surface area contributed by atoms with Gasteiger partial charge < -0.3 is 5.32 Å². The number of aryl methyl sites for hydroxylation is 1. The predicted molar refractivity (Wildman–Crippen MR) is 61.5 cm³/mol. The molecule has 1 aliphatic heterocycles. The highest BCUT2D eigenvalue weighted by Crippen LogP contribution is 2.42. The molecule has 0 atom stereocenters. The first kappa shape index (κ1) is 9.97. The highest BCUT2D eigenvalue weighted by molar-refractivity contribution is 6.04. The Morgan fingerprint density at radius 3 is 2.88 bits per heavy atom. The number of nitrogens with one attached hydrogen (secondary N) is 1. The van der Waals surface area contributed by atoms with Crippen molar-refractivity contribution in [3.8, 4) is 0 Å². The van der Waals surface area contributed by atoms with Gasteiger partial charge in [0.2, 0.25) is 0 Å². The third-order valence-electron chi connectivity index (χ3n) is 3.90. The van der Waals surface area contributed by atoms with Crippen molar-refractivity contribution in [2.24, 2.45) is 5.41 Å². The number of rotatable bonds is 0. The molecule has 3 rings (SSSR count). The van der Waals surface area contributed by atoms with Gasteiger partial charge in [0.05, 0.1) is 5.69 Å². The van der Waals surface area contributed by atoms with E-state index in [1.165, 1.54) is 0 Å². The van der Waals surface area contributed by atoms with Crippen molar-refractivity contribution in [2.75, 3.05) is 13.1 Å². The summed E-state index contributed by atoms with van der Waals surface area (Å²) in [6.45, 7) is 3.91. The number of hydrogen-bond acceptors (Lipinski definition) is 3. The van der Waals surface area contributed by atoms with E-state index in [4.69, 9.17) is 0 Å². The second-order valence-electron chi connectivity index (χ2n) is 5.04. The second kappa shape index (κ2) is 3.39. The molecule has 1 spiro atoms. The first-order chi connectivity index (χ1) is 7.71. The number of nitrogens with zero attached hydrogens (tertiary/aromatic N) is 1. The molecule has 1 fully saturated rings. The van der Waals surface area contributed by atoms with E-state index in [-0.39, 0.29) is 5.41 Å². The SMILES string of the molecule is Cc1cnc2c(c1)C(=O)C1(CCNCC1)C2. The van der Waals surface area contributed by atoms with E-state index in [0.717, 1.165) is 49.2 Å². The summed E-state index contributed by atoms with van der Waals surface area (Å²) in [7, 11) is 0. The zero-order chi connectivity index (χ0) is 11.2. The number of Topliss-reactive ketones (excluding diaryl/α,β-unsaturated/α-hetero) is 1. The van der Waals surface area contributed by atoms with E-state index < -0.39 is 0 Å². The molecule has 0 aromatic carbocycles. The van der Waals surface area contributed by atoms with Gasteiger partial charge in [-0.2, -0.15) is 0 Å². The molecule has 84 valence electrons. The van der Waals surface area contributed by atoms with Crippen LogP contribution in [0.5, 0.6) is 0 Å². The molecule has 0 bridgehead atoms. The first-order valence-electron chi connectivity index (χ1n) is 5.92. The topological polar surface area (TPSA) is 42.0 Å². The van der Waals surface area contributed by atoms with Gasteiger partial charge >= 0.3 is 0 Å². The van der Waals surface area contributed by atoms with E-state index >= 15 is 0 Å². The van der Waals surface area contributed by atoms with Crippen LogP contribution < -0.4 is 5.32 Å². The van der Waals surface area contributed by atoms with Crippen molar-refractivity contribution in [3.05, 3.63) is 29.1 Å². The Morgan fingerprint density at radius 1 is 1.38 bits per heavy atom. The Kier molecular flexibility index (Phi) is 2.11. The lowest BCUT2D eigenvalue weighted by Gasteiger charge is -2.31. The van der Waals surface area contributed by atoms with Crippen LogP contribution in [0.1, 0.15) is 34.5 Å². The van der Waals surface area contributed by atoms with Gasteiger partial charge in [-0.3, -0.25) is 9.78 Å². The van der Waals surface area contributed by atoms with Gasteiger partial charge in [-0.15, -0.1) is 0 Å². The number of hydrogen-bond donors (Lipinski definition) is 1. The van der Waals surface area contributed by atoms with E-state index in [9.17, 15) is 4.79 Å². The Bertz CT molecular complexity index is 447. The van der Waals surface area contributed by atoms with Crippen LogP contribution in [0.4, 0.5) is 0 Å². The zero-order valence-electron chi connectivity index (χ0n) is 9.55. The molecule has 1 N–H and O–H groups in total. The molecule has 3 heteroatoms. The van der Waals surface area contributed by atoms with Crippen molar-refractivity contribution >= 4 is 5.78 Å². The lowest BCUT2D eigenvalue weighted by Crippen LogP contribution is -2.40. The average Bonchev–Trinajstić information content (AvgIpc) is 2.55. The Labute approximate surface area is 95.3 Å². The third-order valence-corrected chi connectivity index (χ3v) is 3.90. The minimum absolute atomic E-state index is 0.131. The minimum atomic E-state index is -0.131. The fraction of sp³-hybridized carbons (Fsp3) is 0.538. The van der Waals surface area contributed by atoms with Crippen LogP contribution in [0.15, 0.2) is 12.3 Å². The van der Waals surface area contributed by atoms with Crippen molar-refractivity contribution in [2.45, 2.75) is 26.2 Å². The average molecular weight is 216 g/mol. The summed E-state index contributed by atoms with van der Waals surface area (Å²) in [5.41, 5.74) is 2.84. The lowest BCUT2D eigenvalue weighted by atomic mass is 9.76. The molecular formula is C13H16N2O. The minimum Gasteiger partial charge on any atom is -0.317 e. The molecule has 3 nitrogen and oxygen atoms in total. The van der Waals surface area contributed by atoms with Crippen molar-refractivity contribution < 1.29 is 4.79 Å². The standard InChI is InChI=1S/C13H16N2O/c1-9-6-10-11(15-8-9)7-13(12(10)16)2-4-14-5-3-13/h6,8,14H,2-5,7H2,1H3. The van der Waals surface area contributed by atoms with Crippen molar-refractivity contribution in [1.29, 1.82) is 0 Å². The van der Waals surface area contributed by atoms with Crippen LogP contribution in [0, 0.1) is 12.3 Å². The monoisotopic (exact) mass is 216 g/mol. The van der Waals surface area contributed by atoms with Crippen LogP contribution >= 0.6 is 0 Å². The molecular weight excluding hydrogens is 200 g/mol. The maximum Gasteiger partial charge on any atom is 0.171 e. The number of carbonyl (C=O) groups excluding carboxylic acids is 1. The Balaban J connectivity index is 2.02. The molecule has 0 radical (unpaired) electrons. The number of piperidine rings is 1. The molecule has 1 saturated heterocycles. The van der Waals surface area contributed by atoms with Gasteiger partial charge in [0.1, 0.15) is 0 Å². The maximum absolute atomic E-state index is 12.5. The summed E-state index contributed by atoms with van der Waals surface area (Å²) in [6, 6.07) is 2.00. The van der Waals surface area contributed by atoms with Gasteiger partial charge in [0.25, 0.3) is 0 Å². The molecule has 2 heterocycles. The predicted octanol–water partition coefficient (Wildman–Crippen LogP) is 1.50. The molecule has 1 aromatic rings. The molecule has 1 aliphatic carbocycles. The van der Waals surface area contributed by atoms with Crippen molar-refractivity contribution in [3.63, 3.8) is 0 Å². The highest BCUT2D eigenvalue weighted by atomic mass is 16.1. The van der Waals surface area contributed by atoms with Crippen LogP contribution in [0.3, 0.4) is 0 Å². The fourth-order valence-corrected chi connectivity index (χ4v) is 2.93. The van der Waals surface area contributed by atoms with Gasteiger partial charge in [-0.25, -0.2) is 0 Å². The smallest absolute Gasteiger partial charge is 0.171 e. The van der Waals surface area contributed by atoms with Gasteiger partial charge in [-0.1, -0.05) is 0 Å². The maximum atomic E-state index is 12.5. The highest BCUT2D eigenvalue weighted by Gasteiger charge is 2.46. The van der Waals surface area contributed by atoms with E-state index in [1.54, 1.807) is 0 Å². The van der Waals surface area contributed by atoms with Gasteiger partial charge in [-0.05, 0) is 44.5 Å².